The summed E-state index contributed by atoms with van der Waals surface area (Å²) >= 11 is 0.856. The Bertz CT molecular complexity index is 382. The van der Waals surface area contributed by atoms with Gasteiger partial charge in [0.15, 0.2) is 5.17 Å². The van der Waals surface area contributed by atoms with E-state index in [2.05, 4.69) is 10.2 Å². The van der Waals surface area contributed by atoms with Crippen LogP contribution in [0.2, 0.25) is 0 Å². The van der Waals surface area contributed by atoms with Crippen molar-refractivity contribution in [2.45, 2.75) is 45.6 Å². The van der Waals surface area contributed by atoms with Gasteiger partial charge in [0, 0.05) is 12.3 Å². The predicted molar refractivity (Wildman–Crippen MR) is 71.2 cm³/mol. The molecule has 0 aromatic rings. The van der Waals surface area contributed by atoms with Crippen molar-refractivity contribution in [3.63, 3.8) is 0 Å². The topological polar surface area (TPSA) is 48.2 Å². The largest absolute Gasteiger partial charge is 0.437 e. The van der Waals surface area contributed by atoms with Crippen molar-refractivity contribution >= 4 is 23.1 Å². The number of rotatable bonds is 3. The molecule has 0 saturated carbocycles. The molecule has 1 saturated heterocycles. The highest BCUT2D eigenvalue weighted by Gasteiger charge is 2.63. The summed E-state index contributed by atoms with van der Waals surface area (Å²) in [6.07, 6.45) is -3.19. The first kappa shape index (κ1) is 16.3. The Hall–Kier alpha value is -0.760. The number of thioether (sulfide) groups is 1. The second kappa shape index (κ2) is 5.70. The van der Waals surface area contributed by atoms with E-state index in [4.69, 9.17) is 0 Å². The SMILES string of the molecule is CC(C)/C=N/N=C1\SCC(O)(C(F)(F)F)N1C(C)C. The Labute approximate surface area is 114 Å². The minimum Gasteiger partial charge on any atom is -0.363 e. The van der Waals surface area contributed by atoms with Crippen LogP contribution in [0.1, 0.15) is 27.7 Å². The lowest BCUT2D eigenvalue weighted by Gasteiger charge is -2.37. The third-order valence-electron chi connectivity index (χ3n) is 2.49. The Morgan fingerprint density at radius 2 is 1.95 bits per heavy atom. The van der Waals surface area contributed by atoms with Crippen LogP contribution in [0.25, 0.3) is 0 Å². The first-order valence-electron chi connectivity index (χ1n) is 5.92. The van der Waals surface area contributed by atoms with E-state index in [1.807, 2.05) is 13.8 Å². The van der Waals surface area contributed by atoms with Gasteiger partial charge < -0.3 is 10.0 Å². The highest BCUT2D eigenvalue weighted by molar-refractivity contribution is 8.14. The molecule has 1 rings (SSSR count). The Balaban J connectivity index is 3.05. The van der Waals surface area contributed by atoms with Crippen molar-refractivity contribution in [1.82, 2.24) is 4.90 Å². The summed E-state index contributed by atoms with van der Waals surface area (Å²) in [6.45, 7) is 6.92. The van der Waals surface area contributed by atoms with Crippen molar-refractivity contribution in [1.29, 1.82) is 0 Å². The Morgan fingerprint density at radius 3 is 2.37 bits per heavy atom. The van der Waals surface area contributed by atoms with E-state index in [1.165, 1.54) is 6.21 Å². The summed E-state index contributed by atoms with van der Waals surface area (Å²) in [6, 6.07) is -0.533. The van der Waals surface area contributed by atoms with E-state index < -0.39 is 23.7 Å². The number of hydrogen-bond donors (Lipinski definition) is 1. The molecule has 4 nitrogen and oxygen atoms in total. The molecular formula is C11H18F3N3OS. The molecule has 1 heterocycles. The number of amidine groups is 1. The van der Waals surface area contributed by atoms with Crippen molar-refractivity contribution in [3.05, 3.63) is 0 Å². The van der Waals surface area contributed by atoms with Gasteiger partial charge in [-0.25, -0.2) is 0 Å². The van der Waals surface area contributed by atoms with Crippen LogP contribution < -0.4 is 0 Å². The van der Waals surface area contributed by atoms with Gasteiger partial charge in [-0.2, -0.15) is 18.3 Å². The molecule has 1 atom stereocenters. The zero-order valence-corrected chi connectivity index (χ0v) is 12.1. The van der Waals surface area contributed by atoms with Gasteiger partial charge in [-0.15, -0.1) is 5.10 Å². The second-order valence-corrected chi connectivity index (χ2v) is 5.90. The molecule has 0 aromatic heterocycles. The molecule has 0 radical (unpaired) electrons. The smallest absolute Gasteiger partial charge is 0.363 e. The molecule has 1 N–H and O–H groups in total. The van der Waals surface area contributed by atoms with E-state index in [9.17, 15) is 18.3 Å². The standard InChI is InChI=1S/C11H18F3N3OS/c1-7(2)5-15-16-9-17(8(3)4)10(18,6-19-9)11(12,13)14/h5,7-8,18H,6H2,1-4H3/b15-5+,16-9-. The molecule has 1 unspecified atom stereocenters. The minimum absolute atomic E-state index is 0.0896. The normalized spacial score (nSPS) is 27.5. The van der Waals surface area contributed by atoms with E-state index in [0.717, 1.165) is 16.7 Å². The van der Waals surface area contributed by atoms with Crippen molar-refractivity contribution in [2.75, 3.05) is 5.75 Å². The first-order chi connectivity index (χ1) is 8.59. The number of hydrogen-bond acceptors (Lipinski definition) is 4. The number of halogens is 3. The fourth-order valence-electron chi connectivity index (χ4n) is 1.62. The number of alkyl halides is 3. The molecule has 1 fully saturated rings. The lowest BCUT2D eigenvalue weighted by atomic mass is 10.1. The molecule has 0 bridgehead atoms. The van der Waals surface area contributed by atoms with E-state index in [-0.39, 0.29) is 11.1 Å². The number of aliphatic hydroxyl groups is 1. The van der Waals surface area contributed by atoms with Crippen molar-refractivity contribution in [2.24, 2.45) is 16.1 Å². The predicted octanol–water partition coefficient (Wildman–Crippen LogP) is 2.69. The van der Waals surface area contributed by atoms with Gasteiger partial charge in [-0.3, -0.25) is 0 Å². The van der Waals surface area contributed by atoms with Gasteiger partial charge in [-0.1, -0.05) is 25.6 Å². The first-order valence-corrected chi connectivity index (χ1v) is 6.90. The summed E-state index contributed by atoms with van der Waals surface area (Å²) in [7, 11) is 0. The molecule has 0 aliphatic carbocycles. The average molecular weight is 297 g/mol. The maximum atomic E-state index is 13.0. The zero-order valence-electron chi connectivity index (χ0n) is 11.3. The molecule has 110 valence electrons. The van der Waals surface area contributed by atoms with Crippen LogP contribution in [0.15, 0.2) is 10.2 Å². The molecule has 19 heavy (non-hydrogen) atoms. The molecule has 1 aliphatic rings. The maximum Gasteiger partial charge on any atom is 0.437 e. The molecule has 1 aliphatic heterocycles. The summed E-state index contributed by atoms with van der Waals surface area (Å²) in [5.41, 5.74) is -2.88. The molecule has 0 amide bonds. The van der Waals surface area contributed by atoms with E-state index in [1.54, 1.807) is 13.8 Å². The van der Waals surface area contributed by atoms with Gasteiger partial charge in [0.1, 0.15) is 0 Å². The Morgan fingerprint density at radius 1 is 1.37 bits per heavy atom. The van der Waals surface area contributed by atoms with Gasteiger partial charge in [0.2, 0.25) is 5.72 Å². The van der Waals surface area contributed by atoms with Crippen LogP contribution in [-0.2, 0) is 0 Å². The molecular weight excluding hydrogens is 279 g/mol. The quantitative estimate of drug-likeness (QED) is 0.643. The van der Waals surface area contributed by atoms with Crippen LogP contribution >= 0.6 is 11.8 Å². The zero-order chi connectivity index (χ0) is 14.8. The summed E-state index contributed by atoms with van der Waals surface area (Å²) < 4.78 is 38.9. The summed E-state index contributed by atoms with van der Waals surface area (Å²) in [4.78, 5) is 0.870. The highest BCUT2D eigenvalue weighted by Crippen LogP contribution is 2.43. The van der Waals surface area contributed by atoms with Crippen LogP contribution in [0.5, 0.6) is 0 Å². The highest BCUT2D eigenvalue weighted by atomic mass is 32.2. The molecule has 0 spiro atoms. The fraction of sp³-hybridized carbons (Fsp3) is 0.818. The van der Waals surface area contributed by atoms with E-state index in [0.29, 0.717) is 0 Å². The maximum absolute atomic E-state index is 13.0. The van der Waals surface area contributed by atoms with Crippen LogP contribution in [-0.4, -0.2) is 45.1 Å². The van der Waals surface area contributed by atoms with Gasteiger partial charge in [-0.05, 0) is 19.8 Å². The van der Waals surface area contributed by atoms with Crippen LogP contribution in [0.4, 0.5) is 13.2 Å². The fourth-order valence-corrected chi connectivity index (χ4v) is 2.86. The minimum atomic E-state index is -4.73. The lowest BCUT2D eigenvalue weighted by Crippen LogP contribution is -2.60. The second-order valence-electron chi connectivity index (χ2n) is 4.96. The van der Waals surface area contributed by atoms with E-state index >= 15 is 0 Å². The van der Waals surface area contributed by atoms with Gasteiger partial charge in [0.05, 0.1) is 5.75 Å². The molecule has 8 heteroatoms. The van der Waals surface area contributed by atoms with Crippen molar-refractivity contribution < 1.29 is 18.3 Å². The third kappa shape index (κ3) is 3.42. The van der Waals surface area contributed by atoms with Crippen LogP contribution in [0, 0.1) is 5.92 Å². The van der Waals surface area contributed by atoms with Gasteiger partial charge >= 0.3 is 6.18 Å². The van der Waals surface area contributed by atoms with Crippen molar-refractivity contribution in [3.8, 4) is 0 Å². The lowest BCUT2D eigenvalue weighted by molar-refractivity contribution is -0.292. The third-order valence-corrected chi connectivity index (χ3v) is 3.57. The van der Waals surface area contributed by atoms with Gasteiger partial charge in [0.25, 0.3) is 0 Å². The number of nitrogens with zero attached hydrogens (tertiary/aromatic N) is 3. The molecule has 0 aromatic carbocycles. The monoisotopic (exact) mass is 297 g/mol. The van der Waals surface area contributed by atoms with Crippen LogP contribution in [0.3, 0.4) is 0 Å². The Kier molecular flexibility index (Phi) is 4.89. The summed E-state index contributed by atoms with van der Waals surface area (Å²) in [5, 5.41) is 17.5. The summed E-state index contributed by atoms with van der Waals surface area (Å²) in [5.74, 6) is -0.338. The average Bonchev–Trinajstić information content (AvgIpc) is 2.55.